The van der Waals surface area contributed by atoms with E-state index in [0.717, 1.165) is 25.9 Å². The number of nitrogens with zero attached hydrogens (tertiary/aromatic N) is 1. The Balaban J connectivity index is 1.58. The lowest BCUT2D eigenvalue weighted by Crippen LogP contribution is -2.45. The van der Waals surface area contributed by atoms with Crippen molar-refractivity contribution < 1.29 is 17.9 Å². The average molecular weight is 419 g/mol. The first kappa shape index (κ1) is 21.8. The van der Waals surface area contributed by atoms with Crippen molar-refractivity contribution in [1.29, 1.82) is 0 Å². The highest BCUT2D eigenvalue weighted by Crippen LogP contribution is 2.22. The molecule has 1 aliphatic rings. The van der Waals surface area contributed by atoms with Crippen LogP contribution in [0.2, 0.25) is 0 Å². The summed E-state index contributed by atoms with van der Waals surface area (Å²) in [5.41, 5.74) is 2.73. The third-order valence-corrected chi connectivity index (χ3v) is 6.79. The largest absolute Gasteiger partial charge is 0.491 e. The molecule has 6 nitrogen and oxygen atoms in total. The highest BCUT2D eigenvalue weighted by Gasteiger charge is 2.24. The standard InChI is InChI=1S/C22H30N2O4S/c1-3-20(24-13-12-18-6-4-5-7-19(18)17-24)16-23-29(25,26)22-10-8-21(9-11-22)28-15-14-27-2/h4-11,20,23H,3,12-17H2,1-2H3. The first-order chi connectivity index (χ1) is 14.0. The lowest BCUT2D eigenvalue weighted by Gasteiger charge is -2.35. The third-order valence-electron chi connectivity index (χ3n) is 5.35. The summed E-state index contributed by atoms with van der Waals surface area (Å²) < 4.78 is 38.7. The predicted molar refractivity (Wildman–Crippen MR) is 114 cm³/mol. The number of fused-ring (bicyclic) bond motifs is 1. The molecule has 1 atom stereocenters. The quantitative estimate of drug-likeness (QED) is 0.601. The number of hydrogen-bond donors (Lipinski definition) is 1. The minimum Gasteiger partial charge on any atom is -0.491 e. The van der Waals surface area contributed by atoms with Crippen molar-refractivity contribution in [2.24, 2.45) is 0 Å². The maximum atomic E-state index is 12.7. The Bertz CT molecular complexity index is 884. The zero-order valence-electron chi connectivity index (χ0n) is 17.1. The summed E-state index contributed by atoms with van der Waals surface area (Å²) in [5, 5.41) is 0. The first-order valence-electron chi connectivity index (χ1n) is 10.1. The molecular weight excluding hydrogens is 388 g/mol. The van der Waals surface area contributed by atoms with Gasteiger partial charge in [0, 0.05) is 32.8 Å². The van der Waals surface area contributed by atoms with Crippen molar-refractivity contribution in [2.45, 2.75) is 37.2 Å². The summed E-state index contributed by atoms with van der Waals surface area (Å²) in [4.78, 5) is 2.62. The van der Waals surface area contributed by atoms with Crippen LogP contribution in [0.3, 0.4) is 0 Å². The Hall–Kier alpha value is -1.93. The van der Waals surface area contributed by atoms with Crippen LogP contribution >= 0.6 is 0 Å². The van der Waals surface area contributed by atoms with Crippen molar-refractivity contribution in [3.8, 4) is 5.75 Å². The van der Waals surface area contributed by atoms with E-state index in [-0.39, 0.29) is 10.9 Å². The van der Waals surface area contributed by atoms with Gasteiger partial charge in [-0.05, 0) is 48.2 Å². The van der Waals surface area contributed by atoms with Crippen LogP contribution in [0.5, 0.6) is 5.75 Å². The first-order valence-corrected chi connectivity index (χ1v) is 11.5. The summed E-state index contributed by atoms with van der Waals surface area (Å²) in [5.74, 6) is 0.624. The number of benzene rings is 2. The Kier molecular flexibility index (Phi) is 7.66. The topological polar surface area (TPSA) is 67.9 Å². The molecule has 2 aromatic rings. The molecule has 0 bridgehead atoms. The van der Waals surface area contributed by atoms with Crippen LogP contribution in [0.25, 0.3) is 0 Å². The van der Waals surface area contributed by atoms with Gasteiger partial charge in [-0.1, -0.05) is 31.2 Å². The van der Waals surface area contributed by atoms with E-state index in [9.17, 15) is 8.42 Å². The lowest BCUT2D eigenvalue weighted by atomic mass is 9.98. The SMILES string of the molecule is CCC(CNS(=O)(=O)c1ccc(OCCOC)cc1)N1CCc2ccccc2C1. The van der Waals surface area contributed by atoms with E-state index >= 15 is 0 Å². The molecule has 1 heterocycles. The zero-order valence-corrected chi connectivity index (χ0v) is 18.0. The van der Waals surface area contributed by atoms with Crippen molar-refractivity contribution in [3.05, 3.63) is 59.7 Å². The number of methoxy groups -OCH3 is 1. The molecule has 1 aliphatic heterocycles. The molecule has 0 saturated carbocycles. The van der Waals surface area contributed by atoms with Crippen LogP contribution in [0, 0.1) is 0 Å². The third kappa shape index (κ3) is 5.79. The van der Waals surface area contributed by atoms with E-state index < -0.39 is 10.0 Å². The van der Waals surface area contributed by atoms with Gasteiger partial charge in [-0.25, -0.2) is 13.1 Å². The van der Waals surface area contributed by atoms with Crippen LogP contribution in [-0.2, 0) is 27.7 Å². The number of nitrogens with one attached hydrogen (secondary N) is 1. The molecule has 29 heavy (non-hydrogen) atoms. The second kappa shape index (κ2) is 10.2. The van der Waals surface area contributed by atoms with E-state index in [0.29, 0.717) is 25.5 Å². The van der Waals surface area contributed by atoms with Gasteiger partial charge in [-0.2, -0.15) is 0 Å². The second-order valence-electron chi connectivity index (χ2n) is 7.22. The Morgan fingerprint density at radius 2 is 1.79 bits per heavy atom. The van der Waals surface area contributed by atoms with Crippen LogP contribution in [-0.4, -0.2) is 52.8 Å². The molecule has 0 amide bonds. The van der Waals surface area contributed by atoms with Gasteiger partial charge in [0.1, 0.15) is 12.4 Å². The smallest absolute Gasteiger partial charge is 0.240 e. The molecule has 1 N–H and O–H groups in total. The Morgan fingerprint density at radius 1 is 1.07 bits per heavy atom. The van der Waals surface area contributed by atoms with Gasteiger partial charge in [0.05, 0.1) is 11.5 Å². The monoisotopic (exact) mass is 418 g/mol. The maximum Gasteiger partial charge on any atom is 0.240 e. The van der Waals surface area contributed by atoms with Crippen LogP contribution in [0.1, 0.15) is 24.5 Å². The van der Waals surface area contributed by atoms with Crippen molar-refractivity contribution >= 4 is 10.0 Å². The molecule has 3 rings (SSSR count). The molecule has 0 radical (unpaired) electrons. The molecule has 7 heteroatoms. The van der Waals surface area contributed by atoms with Gasteiger partial charge in [0.2, 0.25) is 10.0 Å². The molecule has 158 valence electrons. The Labute approximate surface area is 173 Å². The van der Waals surface area contributed by atoms with Gasteiger partial charge < -0.3 is 9.47 Å². The molecule has 0 aromatic heterocycles. The summed E-state index contributed by atoms with van der Waals surface area (Å²) >= 11 is 0. The van der Waals surface area contributed by atoms with Crippen molar-refractivity contribution in [1.82, 2.24) is 9.62 Å². The Morgan fingerprint density at radius 3 is 2.48 bits per heavy atom. The van der Waals surface area contributed by atoms with E-state index in [2.05, 4.69) is 40.8 Å². The molecule has 0 spiro atoms. The van der Waals surface area contributed by atoms with Gasteiger partial charge in [0.15, 0.2) is 0 Å². The molecule has 2 aromatic carbocycles. The summed E-state index contributed by atoms with van der Waals surface area (Å²) in [6.45, 7) is 5.23. The van der Waals surface area contributed by atoms with E-state index in [1.165, 1.54) is 11.1 Å². The van der Waals surface area contributed by atoms with Crippen LogP contribution in [0.4, 0.5) is 0 Å². The molecule has 0 fully saturated rings. The van der Waals surface area contributed by atoms with E-state index in [1.54, 1.807) is 31.4 Å². The van der Waals surface area contributed by atoms with Gasteiger partial charge >= 0.3 is 0 Å². The van der Waals surface area contributed by atoms with E-state index in [1.807, 2.05) is 0 Å². The van der Waals surface area contributed by atoms with Gasteiger partial charge in [-0.15, -0.1) is 0 Å². The second-order valence-corrected chi connectivity index (χ2v) is 8.98. The van der Waals surface area contributed by atoms with Crippen LogP contribution < -0.4 is 9.46 Å². The number of ether oxygens (including phenoxy) is 2. The minimum absolute atomic E-state index is 0.162. The normalized spacial score (nSPS) is 15.7. The van der Waals surface area contributed by atoms with Gasteiger partial charge in [0.25, 0.3) is 0 Å². The molecular formula is C22H30N2O4S. The number of hydrogen-bond acceptors (Lipinski definition) is 5. The highest BCUT2D eigenvalue weighted by atomic mass is 32.2. The van der Waals surface area contributed by atoms with Gasteiger partial charge in [-0.3, -0.25) is 4.90 Å². The van der Waals surface area contributed by atoms with E-state index in [4.69, 9.17) is 9.47 Å². The summed E-state index contributed by atoms with van der Waals surface area (Å²) in [6, 6.07) is 15.1. The fraction of sp³-hybridized carbons (Fsp3) is 0.455. The van der Waals surface area contributed by atoms with Crippen molar-refractivity contribution in [2.75, 3.05) is 33.4 Å². The fourth-order valence-corrected chi connectivity index (χ4v) is 4.68. The highest BCUT2D eigenvalue weighted by molar-refractivity contribution is 7.89. The number of rotatable bonds is 10. The summed E-state index contributed by atoms with van der Waals surface area (Å²) in [6.07, 6.45) is 1.89. The minimum atomic E-state index is -3.56. The fourth-order valence-electron chi connectivity index (χ4n) is 3.61. The molecule has 1 unspecified atom stereocenters. The average Bonchev–Trinajstić information content (AvgIpc) is 2.74. The van der Waals surface area contributed by atoms with Crippen molar-refractivity contribution in [3.63, 3.8) is 0 Å². The predicted octanol–water partition coefficient (Wildman–Crippen LogP) is 2.83. The lowest BCUT2D eigenvalue weighted by molar-refractivity contribution is 0.146. The molecule has 0 saturated heterocycles. The zero-order chi connectivity index (χ0) is 20.7. The van der Waals surface area contributed by atoms with Crippen LogP contribution in [0.15, 0.2) is 53.4 Å². The number of sulfonamides is 1. The molecule has 0 aliphatic carbocycles. The summed E-state index contributed by atoms with van der Waals surface area (Å²) in [7, 11) is -1.96. The maximum absolute atomic E-state index is 12.7.